The molecule has 2 atom stereocenters. The number of rotatable bonds is 2. The van der Waals surface area contributed by atoms with Gasteiger partial charge in [0, 0.05) is 13.0 Å². The molecule has 94 valence electrons. The van der Waals surface area contributed by atoms with Gasteiger partial charge in [-0.25, -0.2) is 0 Å². The Morgan fingerprint density at radius 1 is 1.19 bits per heavy atom. The fraction of sp³-hybridized carbons (Fsp3) is 1.00. The number of nitrogens with zero attached hydrogens (tertiary/aromatic N) is 1. The standard InChI is InChI=1S/C13H25NO2/c1-11-9-13(2,3)16-12(15-11)10-14-7-5-4-6-8-14/h11-12H,4-10H2,1-3H3. The molecule has 2 saturated heterocycles. The van der Waals surface area contributed by atoms with E-state index in [0.29, 0.717) is 6.10 Å². The normalized spacial score (nSPS) is 36.2. The molecule has 3 heteroatoms. The Morgan fingerprint density at radius 3 is 2.50 bits per heavy atom. The van der Waals surface area contributed by atoms with E-state index in [9.17, 15) is 0 Å². The minimum Gasteiger partial charge on any atom is -0.348 e. The van der Waals surface area contributed by atoms with Crippen molar-refractivity contribution in [3.05, 3.63) is 0 Å². The first-order chi connectivity index (χ1) is 7.55. The van der Waals surface area contributed by atoms with Gasteiger partial charge in [-0.05, 0) is 46.7 Å². The molecule has 0 amide bonds. The van der Waals surface area contributed by atoms with Crippen molar-refractivity contribution in [2.24, 2.45) is 0 Å². The predicted octanol–water partition coefficient (Wildman–Crippen LogP) is 2.40. The molecule has 0 aliphatic carbocycles. The van der Waals surface area contributed by atoms with Gasteiger partial charge >= 0.3 is 0 Å². The van der Waals surface area contributed by atoms with Crippen LogP contribution in [0.5, 0.6) is 0 Å². The molecule has 2 rings (SSSR count). The van der Waals surface area contributed by atoms with Crippen LogP contribution in [0.25, 0.3) is 0 Å². The monoisotopic (exact) mass is 227 g/mol. The van der Waals surface area contributed by atoms with Crippen LogP contribution < -0.4 is 0 Å². The fourth-order valence-electron chi connectivity index (χ4n) is 2.86. The van der Waals surface area contributed by atoms with Crippen molar-refractivity contribution in [3.8, 4) is 0 Å². The van der Waals surface area contributed by atoms with Gasteiger partial charge in [-0.15, -0.1) is 0 Å². The smallest absolute Gasteiger partial charge is 0.171 e. The molecule has 0 saturated carbocycles. The molecule has 2 aliphatic rings. The van der Waals surface area contributed by atoms with Crippen molar-refractivity contribution in [2.45, 2.75) is 64.4 Å². The molecule has 0 radical (unpaired) electrons. The van der Waals surface area contributed by atoms with Gasteiger partial charge in [-0.3, -0.25) is 4.90 Å². The predicted molar refractivity (Wildman–Crippen MR) is 64.4 cm³/mol. The summed E-state index contributed by atoms with van der Waals surface area (Å²) in [6, 6.07) is 0. The molecule has 0 aromatic carbocycles. The van der Waals surface area contributed by atoms with Crippen LogP contribution in [0, 0.1) is 0 Å². The number of piperidine rings is 1. The van der Waals surface area contributed by atoms with Crippen molar-refractivity contribution >= 4 is 0 Å². The Bertz CT molecular complexity index is 224. The Labute approximate surface area is 99.1 Å². The van der Waals surface area contributed by atoms with Gasteiger partial charge in [0.1, 0.15) is 0 Å². The summed E-state index contributed by atoms with van der Waals surface area (Å²) in [7, 11) is 0. The zero-order valence-electron chi connectivity index (χ0n) is 10.9. The summed E-state index contributed by atoms with van der Waals surface area (Å²) in [5, 5.41) is 0. The van der Waals surface area contributed by atoms with Gasteiger partial charge in [0.05, 0.1) is 11.7 Å². The molecular formula is C13H25NO2. The topological polar surface area (TPSA) is 21.7 Å². The maximum atomic E-state index is 5.98. The Morgan fingerprint density at radius 2 is 1.88 bits per heavy atom. The van der Waals surface area contributed by atoms with Gasteiger partial charge in [0.15, 0.2) is 6.29 Å². The summed E-state index contributed by atoms with van der Waals surface area (Å²) in [5.41, 5.74) is -0.0296. The van der Waals surface area contributed by atoms with E-state index in [1.54, 1.807) is 0 Å². The molecular weight excluding hydrogens is 202 g/mol. The second kappa shape index (κ2) is 5.03. The van der Waals surface area contributed by atoms with E-state index in [4.69, 9.17) is 9.47 Å². The van der Waals surface area contributed by atoms with E-state index < -0.39 is 0 Å². The first-order valence-corrected chi connectivity index (χ1v) is 6.61. The molecule has 0 aromatic rings. The number of ether oxygens (including phenoxy) is 2. The Balaban J connectivity index is 1.84. The van der Waals surface area contributed by atoms with Crippen molar-refractivity contribution in [1.29, 1.82) is 0 Å². The molecule has 2 aliphatic heterocycles. The number of hydrogen-bond acceptors (Lipinski definition) is 3. The van der Waals surface area contributed by atoms with Crippen molar-refractivity contribution in [1.82, 2.24) is 4.90 Å². The zero-order chi connectivity index (χ0) is 11.6. The lowest BCUT2D eigenvalue weighted by Gasteiger charge is -2.41. The minimum atomic E-state index is -0.0307. The lowest BCUT2D eigenvalue weighted by Crippen LogP contribution is -2.48. The fourth-order valence-corrected chi connectivity index (χ4v) is 2.86. The van der Waals surface area contributed by atoms with E-state index in [2.05, 4.69) is 25.7 Å². The average Bonchev–Trinajstić information content (AvgIpc) is 2.15. The second-order valence-electron chi connectivity index (χ2n) is 5.82. The third-order valence-electron chi connectivity index (χ3n) is 3.47. The SMILES string of the molecule is CC1CC(C)(C)OC(CN2CCCCC2)O1. The second-order valence-corrected chi connectivity index (χ2v) is 5.82. The minimum absolute atomic E-state index is 0.0296. The summed E-state index contributed by atoms with van der Waals surface area (Å²) in [4.78, 5) is 2.47. The van der Waals surface area contributed by atoms with Crippen LogP contribution >= 0.6 is 0 Å². The number of likely N-dealkylation sites (tertiary alicyclic amines) is 1. The van der Waals surface area contributed by atoms with Gasteiger partial charge in [-0.1, -0.05) is 6.42 Å². The summed E-state index contributed by atoms with van der Waals surface area (Å²) < 4.78 is 11.8. The van der Waals surface area contributed by atoms with Crippen LogP contribution in [0.1, 0.15) is 46.5 Å². The van der Waals surface area contributed by atoms with E-state index in [1.165, 1.54) is 32.4 Å². The van der Waals surface area contributed by atoms with Crippen LogP contribution in [0.4, 0.5) is 0 Å². The third kappa shape index (κ3) is 3.44. The first-order valence-electron chi connectivity index (χ1n) is 6.61. The molecule has 0 spiro atoms. The zero-order valence-corrected chi connectivity index (χ0v) is 10.9. The first kappa shape index (κ1) is 12.3. The summed E-state index contributed by atoms with van der Waals surface area (Å²) in [6.07, 6.45) is 5.31. The van der Waals surface area contributed by atoms with Gasteiger partial charge in [-0.2, -0.15) is 0 Å². The molecule has 2 unspecified atom stereocenters. The molecule has 0 bridgehead atoms. The Kier molecular flexibility index (Phi) is 3.88. The molecule has 0 N–H and O–H groups in total. The maximum Gasteiger partial charge on any atom is 0.171 e. The third-order valence-corrected chi connectivity index (χ3v) is 3.47. The maximum absolute atomic E-state index is 5.98. The Hall–Kier alpha value is -0.120. The van der Waals surface area contributed by atoms with Crippen LogP contribution in [-0.4, -0.2) is 42.5 Å². The van der Waals surface area contributed by atoms with E-state index in [-0.39, 0.29) is 11.9 Å². The number of hydrogen-bond donors (Lipinski definition) is 0. The molecule has 2 fully saturated rings. The van der Waals surface area contributed by atoms with Crippen LogP contribution in [0.3, 0.4) is 0 Å². The summed E-state index contributed by atoms with van der Waals surface area (Å²) in [6.45, 7) is 9.82. The highest BCUT2D eigenvalue weighted by Crippen LogP contribution is 2.28. The van der Waals surface area contributed by atoms with E-state index in [1.807, 2.05) is 0 Å². The quantitative estimate of drug-likeness (QED) is 0.723. The van der Waals surface area contributed by atoms with Crippen LogP contribution in [-0.2, 0) is 9.47 Å². The summed E-state index contributed by atoms with van der Waals surface area (Å²) in [5.74, 6) is 0. The molecule has 3 nitrogen and oxygen atoms in total. The highest BCUT2D eigenvalue weighted by atomic mass is 16.7. The average molecular weight is 227 g/mol. The van der Waals surface area contributed by atoms with Crippen LogP contribution in [0.2, 0.25) is 0 Å². The van der Waals surface area contributed by atoms with Crippen molar-refractivity contribution in [3.63, 3.8) is 0 Å². The largest absolute Gasteiger partial charge is 0.348 e. The lowest BCUT2D eigenvalue weighted by molar-refractivity contribution is -0.272. The van der Waals surface area contributed by atoms with Gasteiger partial charge in [0.2, 0.25) is 0 Å². The van der Waals surface area contributed by atoms with Gasteiger partial charge in [0.25, 0.3) is 0 Å². The van der Waals surface area contributed by atoms with Gasteiger partial charge < -0.3 is 9.47 Å². The molecule has 2 heterocycles. The van der Waals surface area contributed by atoms with E-state index >= 15 is 0 Å². The van der Waals surface area contributed by atoms with Crippen molar-refractivity contribution < 1.29 is 9.47 Å². The highest BCUT2D eigenvalue weighted by Gasteiger charge is 2.34. The van der Waals surface area contributed by atoms with Crippen LogP contribution in [0.15, 0.2) is 0 Å². The highest BCUT2D eigenvalue weighted by molar-refractivity contribution is 4.79. The molecule has 16 heavy (non-hydrogen) atoms. The van der Waals surface area contributed by atoms with Crippen molar-refractivity contribution in [2.75, 3.05) is 19.6 Å². The lowest BCUT2D eigenvalue weighted by atomic mass is 10.00. The molecule has 0 aromatic heterocycles. The van der Waals surface area contributed by atoms with E-state index in [0.717, 1.165) is 13.0 Å². The summed E-state index contributed by atoms with van der Waals surface area (Å²) >= 11 is 0.